The first-order valence-corrected chi connectivity index (χ1v) is 6.77. The monoisotopic (exact) mass is 358 g/mol. The fraction of sp³-hybridized carbons (Fsp3) is 0.118. The lowest BCUT2D eigenvalue weighted by Gasteiger charge is -2.08. The third kappa shape index (κ3) is 3.47. The number of hydrogen-bond acceptors (Lipinski definition) is 3. The highest BCUT2D eigenvalue weighted by molar-refractivity contribution is 6.07. The number of ketones is 1. The number of carbonyl (C=O) groups is 1. The number of methoxy groups -OCH3 is 2. The lowest BCUT2D eigenvalue weighted by molar-refractivity contribution is 0.104. The van der Waals surface area contributed by atoms with Crippen LogP contribution in [0.15, 0.2) is 24.3 Å². The molecule has 0 aromatic heterocycles. The van der Waals surface area contributed by atoms with Gasteiger partial charge in [-0.2, -0.15) is 0 Å². The normalized spacial score (nSPS) is 11.0. The SMILES string of the molecule is COc1ccc(C(=O)/C=C/c2c(F)c(F)c(F)c(F)c2F)cc1OC. The lowest BCUT2D eigenvalue weighted by Crippen LogP contribution is -2.04. The zero-order valence-corrected chi connectivity index (χ0v) is 13.0. The zero-order chi connectivity index (χ0) is 18.7. The van der Waals surface area contributed by atoms with Gasteiger partial charge in [-0.05, 0) is 30.4 Å². The number of allylic oxidation sites excluding steroid dienone is 1. The Balaban J connectivity index is 2.39. The van der Waals surface area contributed by atoms with Crippen LogP contribution in [0.4, 0.5) is 22.0 Å². The van der Waals surface area contributed by atoms with Crippen molar-refractivity contribution in [2.24, 2.45) is 0 Å². The Morgan fingerprint density at radius 3 is 1.88 bits per heavy atom. The molecular formula is C17H11F5O3. The van der Waals surface area contributed by atoms with Crippen LogP contribution < -0.4 is 9.47 Å². The van der Waals surface area contributed by atoms with Gasteiger partial charge in [0, 0.05) is 5.56 Å². The molecule has 0 atom stereocenters. The van der Waals surface area contributed by atoms with E-state index in [4.69, 9.17) is 9.47 Å². The maximum Gasteiger partial charge on any atom is 0.200 e. The molecule has 0 aliphatic carbocycles. The molecular weight excluding hydrogens is 347 g/mol. The number of ether oxygens (including phenoxy) is 2. The molecule has 0 aliphatic heterocycles. The van der Waals surface area contributed by atoms with Crippen LogP contribution in [0.1, 0.15) is 15.9 Å². The number of rotatable bonds is 5. The third-order valence-corrected chi connectivity index (χ3v) is 3.31. The molecule has 0 heterocycles. The molecule has 0 radical (unpaired) electrons. The molecule has 0 saturated heterocycles. The van der Waals surface area contributed by atoms with Gasteiger partial charge in [0.15, 0.2) is 40.6 Å². The summed E-state index contributed by atoms with van der Waals surface area (Å²) in [5.74, 6) is -10.6. The summed E-state index contributed by atoms with van der Waals surface area (Å²) in [5.41, 5.74) is -1.14. The highest BCUT2D eigenvalue weighted by Crippen LogP contribution is 2.28. The average molecular weight is 358 g/mol. The molecule has 0 bridgehead atoms. The van der Waals surface area contributed by atoms with Gasteiger partial charge in [0.1, 0.15) is 0 Å². The Morgan fingerprint density at radius 1 is 0.840 bits per heavy atom. The van der Waals surface area contributed by atoms with Crippen molar-refractivity contribution in [3.63, 3.8) is 0 Å². The molecule has 0 spiro atoms. The van der Waals surface area contributed by atoms with Gasteiger partial charge in [0.25, 0.3) is 0 Å². The van der Waals surface area contributed by atoms with Gasteiger partial charge < -0.3 is 9.47 Å². The molecule has 2 aromatic carbocycles. The van der Waals surface area contributed by atoms with E-state index in [0.717, 1.165) is 0 Å². The maximum absolute atomic E-state index is 13.6. The standard InChI is InChI=1S/C17H11F5O3/c1-24-11-6-3-8(7-12(11)25-2)10(23)5-4-9-13(18)15(20)17(22)16(21)14(9)19/h3-7H,1-2H3/b5-4+. The molecule has 0 saturated carbocycles. The van der Waals surface area contributed by atoms with Crippen LogP contribution in [-0.2, 0) is 0 Å². The van der Waals surface area contributed by atoms with Crippen LogP contribution in [0, 0.1) is 29.1 Å². The summed E-state index contributed by atoms with van der Waals surface area (Å²) < 4.78 is 76.3. The summed E-state index contributed by atoms with van der Waals surface area (Å²) in [6.45, 7) is 0. The maximum atomic E-state index is 13.6. The highest BCUT2D eigenvalue weighted by atomic mass is 19.2. The van der Waals surface area contributed by atoms with E-state index in [2.05, 4.69) is 0 Å². The second kappa shape index (κ2) is 7.33. The first-order valence-electron chi connectivity index (χ1n) is 6.77. The second-order valence-corrected chi connectivity index (χ2v) is 4.75. The zero-order valence-electron chi connectivity index (χ0n) is 13.0. The van der Waals surface area contributed by atoms with Gasteiger partial charge in [-0.3, -0.25) is 4.79 Å². The molecule has 8 heteroatoms. The number of halogens is 5. The summed E-state index contributed by atoms with van der Waals surface area (Å²) in [5, 5.41) is 0. The third-order valence-electron chi connectivity index (χ3n) is 3.31. The smallest absolute Gasteiger partial charge is 0.200 e. The Kier molecular flexibility index (Phi) is 5.41. The van der Waals surface area contributed by atoms with Crippen LogP contribution in [-0.4, -0.2) is 20.0 Å². The molecule has 2 aromatic rings. The fourth-order valence-corrected chi connectivity index (χ4v) is 2.01. The molecule has 0 N–H and O–H groups in total. The van der Waals surface area contributed by atoms with E-state index in [1.165, 1.54) is 32.4 Å². The summed E-state index contributed by atoms with van der Waals surface area (Å²) >= 11 is 0. The molecule has 0 aliphatic rings. The first kappa shape index (κ1) is 18.4. The van der Waals surface area contributed by atoms with Gasteiger partial charge >= 0.3 is 0 Å². The lowest BCUT2D eigenvalue weighted by atomic mass is 10.1. The fourth-order valence-electron chi connectivity index (χ4n) is 2.01. The van der Waals surface area contributed by atoms with Gasteiger partial charge in [-0.1, -0.05) is 0 Å². The van der Waals surface area contributed by atoms with E-state index in [1.54, 1.807) is 0 Å². The van der Waals surface area contributed by atoms with Crippen molar-refractivity contribution in [2.45, 2.75) is 0 Å². The summed E-state index contributed by atoms with van der Waals surface area (Å²) in [7, 11) is 2.74. The molecule has 0 amide bonds. The van der Waals surface area contributed by atoms with Crippen molar-refractivity contribution in [2.75, 3.05) is 14.2 Å². The average Bonchev–Trinajstić information content (AvgIpc) is 2.63. The van der Waals surface area contributed by atoms with Crippen molar-refractivity contribution >= 4 is 11.9 Å². The van der Waals surface area contributed by atoms with Crippen molar-refractivity contribution in [3.05, 3.63) is 64.5 Å². The van der Waals surface area contributed by atoms with Crippen LogP contribution >= 0.6 is 0 Å². The molecule has 132 valence electrons. The quantitative estimate of drug-likeness (QED) is 0.263. The topological polar surface area (TPSA) is 35.5 Å². The van der Waals surface area contributed by atoms with Gasteiger partial charge in [-0.25, -0.2) is 22.0 Å². The van der Waals surface area contributed by atoms with E-state index in [0.29, 0.717) is 17.9 Å². The number of benzene rings is 2. The summed E-state index contributed by atoms with van der Waals surface area (Å²) in [6.07, 6.45) is 1.22. The summed E-state index contributed by atoms with van der Waals surface area (Å²) in [4.78, 5) is 12.1. The molecule has 2 rings (SSSR count). The van der Waals surface area contributed by atoms with E-state index in [-0.39, 0.29) is 11.3 Å². The number of hydrogen-bond donors (Lipinski definition) is 0. The Hall–Kier alpha value is -2.90. The van der Waals surface area contributed by atoms with E-state index in [1.807, 2.05) is 0 Å². The van der Waals surface area contributed by atoms with Crippen molar-refractivity contribution in [1.82, 2.24) is 0 Å². The molecule has 0 fully saturated rings. The highest BCUT2D eigenvalue weighted by Gasteiger charge is 2.24. The molecule has 25 heavy (non-hydrogen) atoms. The number of carbonyl (C=O) groups excluding carboxylic acids is 1. The minimum Gasteiger partial charge on any atom is -0.493 e. The molecule has 0 unspecified atom stereocenters. The Labute approximate surface area is 139 Å². The first-order chi connectivity index (χ1) is 11.8. The van der Waals surface area contributed by atoms with Crippen LogP contribution in [0.5, 0.6) is 11.5 Å². The summed E-state index contributed by atoms with van der Waals surface area (Å²) in [6, 6.07) is 4.09. The second-order valence-electron chi connectivity index (χ2n) is 4.75. The minimum atomic E-state index is -2.27. The van der Waals surface area contributed by atoms with Crippen LogP contribution in [0.2, 0.25) is 0 Å². The predicted molar refractivity (Wildman–Crippen MR) is 79.1 cm³/mol. The van der Waals surface area contributed by atoms with Crippen molar-refractivity contribution in [1.29, 1.82) is 0 Å². The van der Waals surface area contributed by atoms with E-state index >= 15 is 0 Å². The van der Waals surface area contributed by atoms with Crippen LogP contribution in [0.3, 0.4) is 0 Å². The van der Waals surface area contributed by atoms with Gasteiger partial charge in [-0.15, -0.1) is 0 Å². The Bertz CT molecular complexity index is 833. The van der Waals surface area contributed by atoms with E-state index < -0.39 is 40.4 Å². The van der Waals surface area contributed by atoms with Gasteiger partial charge in [0.2, 0.25) is 5.82 Å². The van der Waals surface area contributed by atoms with Crippen molar-refractivity contribution in [3.8, 4) is 11.5 Å². The van der Waals surface area contributed by atoms with Crippen molar-refractivity contribution < 1.29 is 36.2 Å². The van der Waals surface area contributed by atoms with E-state index in [9.17, 15) is 26.7 Å². The minimum absolute atomic E-state index is 0.0674. The van der Waals surface area contributed by atoms with Gasteiger partial charge in [0.05, 0.1) is 19.8 Å². The predicted octanol–water partition coefficient (Wildman–Crippen LogP) is 4.30. The molecule has 3 nitrogen and oxygen atoms in total. The largest absolute Gasteiger partial charge is 0.493 e. The Morgan fingerprint density at radius 2 is 1.36 bits per heavy atom. The van der Waals surface area contributed by atoms with Crippen LogP contribution in [0.25, 0.3) is 6.08 Å².